The Hall–Kier alpha value is -2.92. The summed E-state index contributed by atoms with van der Waals surface area (Å²) in [4.78, 5) is 0. The minimum Gasteiger partial charge on any atom is -0.508 e. The third-order valence-corrected chi connectivity index (χ3v) is 5.76. The Morgan fingerprint density at radius 2 is 1.73 bits per heavy atom. The van der Waals surface area contributed by atoms with Crippen LogP contribution in [0.2, 0.25) is 0 Å². The summed E-state index contributed by atoms with van der Waals surface area (Å²) in [5, 5.41) is 32.4. The zero-order valence-electron chi connectivity index (χ0n) is 17.8. The van der Waals surface area contributed by atoms with Gasteiger partial charge < -0.3 is 24.8 Å². The molecule has 0 bridgehead atoms. The van der Waals surface area contributed by atoms with Crippen molar-refractivity contribution in [3.63, 3.8) is 0 Å². The monoisotopic (exact) mass is 408 g/mol. The lowest BCUT2D eigenvalue weighted by atomic mass is 9.83. The van der Waals surface area contributed by atoms with Gasteiger partial charge in [0.1, 0.15) is 29.6 Å². The lowest BCUT2D eigenvalue weighted by molar-refractivity contribution is -0.0865. The number of hydrogen-bond acceptors (Lipinski definition) is 5. The van der Waals surface area contributed by atoms with E-state index in [-0.39, 0.29) is 18.1 Å². The first-order valence-electron chi connectivity index (χ1n) is 10.2. The van der Waals surface area contributed by atoms with Crippen LogP contribution in [0.1, 0.15) is 56.1 Å². The molecule has 2 aromatic rings. The normalized spacial score (nSPS) is 20.9. The fourth-order valence-corrected chi connectivity index (χ4v) is 4.06. The molecule has 2 unspecified atom stereocenters. The quantitative estimate of drug-likeness (QED) is 0.632. The van der Waals surface area contributed by atoms with E-state index < -0.39 is 11.7 Å². The maximum Gasteiger partial charge on any atom is 0.168 e. The van der Waals surface area contributed by atoms with Crippen molar-refractivity contribution in [2.24, 2.45) is 0 Å². The fourth-order valence-electron chi connectivity index (χ4n) is 4.06. The van der Waals surface area contributed by atoms with E-state index in [2.05, 4.69) is 0 Å². The van der Waals surface area contributed by atoms with E-state index in [1.807, 2.05) is 45.9 Å². The molecule has 2 heterocycles. The SMILES string of the molecule is CC(C)=CCc1cc2c(cc1O)OCC1(O)c3ccc(O)c(CC=C(C)C)c3OC21. The molecule has 0 aliphatic carbocycles. The van der Waals surface area contributed by atoms with Crippen molar-refractivity contribution in [1.82, 2.24) is 0 Å². The molecule has 5 nitrogen and oxygen atoms in total. The van der Waals surface area contributed by atoms with Gasteiger partial charge in [0.15, 0.2) is 11.7 Å². The Bertz CT molecular complexity index is 1060. The van der Waals surface area contributed by atoms with Gasteiger partial charge in [0.05, 0.1) is 0 Å². The van der Waals surface area contributed by atoms with Crippen molar-refractivity contribution in [2.45, 2.75) is 52.2 Å². The Morgan fingerprint density at radius 1 is 1.03 bits per heavy atom. The number of phenols is 2. The summed E-state index contributed by atoms with van der Waals surface area (Å²) in [6.45, 7) is 8.03. The van der Waals surface area contributed by atoms with Crippen LogP contribution in [0.4, 0.5) is 0 Å². The van der Waals surface area contributed by atoms with E-state index in [9.17, 15) is 15.3 Å². The number of aliphatic hydroxyl groups is 1. The van der Waals surface area contributed by atoms with Gasteiger partial charge in [-0.3, -0.25) is 0 Å². The largest absolute Gasteiger partial charge is 0.508 e. The van der Waals surface area contributed by atoms with E-state index in [4.69, 9.17) is 9.47 Å². The van der Waals surface area contributed by atoms with Crippen LogP contribution < -0.4 is 9.47 Å². The summed E-state index contributed by atoms with van der Waals surface area (Å²) in [7, 11) is 0. The molecule has 0 aromatic heterocycles. The van der Waals surface area contributed by atoms with Crippen molar-refractivity contribution in [2.75, 3.05) is 6.61 Å². The summed E-state index contributed by atoms with van der Waals surface area (Å²) in [5.41, 5.74) is 3.64. The van der Waals surface area contributed by atoms with Gasteiger partial charge >= 0.3 is 0 Å². The molecule has 4 rings (SSSR count). The average Bonchev–Trinajstić information content (AvgIpc) is 2.98. The van der Waals surface area contributed by atoms with Crippen LogP contribution in [-0.2, 0) is 18.4 Å². The predicted octanol–water partition coefficient (Wildman–Crippen LogP) is 4.83. The van der Waals surface area contributed by atoms with Crippen molar-refractivity contribution in [1.29, 1.82) is 0 Å². The minimum absolute atomic E-state index is 0.0112. The van der Waals surface area contributed by atoms with Crippen LogP contribution >= 0.6 is 0 Å². The number of ether oxygens (including phenoxy) is 2. The topological polar surface area (TPSA) is 79.2 Å². The second-order valence-corrected chi connectivity index (χ2v) is 8.64. The van der Waals surface area contributed by atoms with E-state index in [0.717, 1.165) is 16.7 Å². The van der Waals surface area contributed by atoms with Gasteiger partial charge in [-0.2, -0.15) is 0 Å². The van der Waals surface area contributed by atoms with Crippen LogP contribution in [0, 0.1) is 0 Å². The first-order chi connectivity index (χ1) is 14.2. The summed E-state index contributed by atoms with van der Waals surface area (Å²) in [6.07, 6.45) is 4.47. The first-order valence-corrected chi connectivity index (χ1v) is 10.2. The molecule has 2 aliphatic heterocycles. The Kier molecular flexibility index (Phi) is 5.02. The summed E-state index contributed by atoms with van der Waals surface area (Å²) in [5.74, 6) is 1.32. The third-order valence-electron chi connectivity index (χ3n) is 5.76. The van der Waals surface area contributed by atoms with Gasteiger partial charge in [0.2, 0.25) is 0 Å². The average molecular weight is 408 g/mol. The number of aromatic hydroxyl groups is 2. The molecule has 0 radical (unpaired) electrons. The summed E-state index contributed by atoms with van der Waals surface area (Å²) >= 11 is 0. The number of benzene rings is 2. The molecule has 0 fully saturated rings. The van der Waals surface area contributed by atoms with Gasteiger partial charge in [0, 0.05) is 22.8 Å². The summed E-state index contributed by atoms with van der Waals surface area (Å²) in [6, 6.07) is 6.75. The van der Waals surface area contributed by atoms with E-state index >= 15 is 0 Å². The number of phenolic OH excluding ortho intramolecular Hbond substituents is 2. The van der Waals surface area contributed by atoms with Crippen LogP contribution in [0.25, 0.3) is 0 Å². The zero-order chi connectivity index (χ0) is 21.6. The standard InChI is InChI=1S/C25H28O5/c1-14(2)5-7-16-11-18-22(12-21(16)27)29-13-25(28)19-9-10-20(26)17(8-6-15(3)4)23(19)30-24(18)25/h5-6,9-12,24,26-28H,7-8,13H2,1-4H3. The van der Waals surface area contributed by atoms with Crippen LogP contribution in [0.15, 0.2) is 47.6 Å². The Morgan fingerprint density at radius 3 is 2.43 bits per heavy atom. The highest BCUT2D eigenvalue weighted by atomic mass is 16.5. The van der Waals surface area contributed by atoms with Crippen molar-refractivity contribution < 1.29 is 24.8 Å². The highest BCUT2D eigenvalue weighted by Crippen LogP contribution is 2.56. The number of rotatable bonds is 4. The number of allylic oxidation sites excluding steroid dienone is 4. The third kappa shape index (κ3) is 3.33. The van der Waals surface area contributed by atoms with E-state index in [1.54, 1.807) is 18.2 Å². The fraction of sp³-hybridized carbons (Fsp3) is 0.360. The van der Waals surface area contributed by atoms with E-state index in [1.165, 1.54) is 0 Å². The second-order valence-electron chi connectivity index (χ2n) is 8.64. The molecule has 2 atom stereocenters. The van der Waals surface area contributed by atoms with Crippen LogP contribution in [0.5, 0.6) is 23.0 Å². The van der Waals surface area contributed by atoms with Gasteiger partial charge in [-0.1, -0.05) is 23.3 Å². The lowest BCUT2D eigenvalue weighted by Crippen LogP contribution is -2.41. The number of hydrogen-bond donors (Lipinski definition) is 3. The first kappa shape index (κ1) is 20.4. The number of fused-ring (bicyclic) bond motifs is 5. The molecule has 0 amide bonds. The Labute approximate surface area is 176 Å². The molecule has 2 aliphatic rings. The van der Waals surface area contributed by atoms with Crippen LogP contribution in [-0.4, -0.2) is 21.9 Å². The maximum atomic E-state index is 11.6. The molecule has 3 N–H and O–H groups in total. The molecule has 30 heavy (non-hydrogen) atoms. The molecular formula is C25H28O5. The van der Waals surface area contributed by atoms with Crippen molar-refractivity contribution >= 4 is 0 Å². The second kappa shape index (κ2) is 7.40. The molecule has 0 saturated carbocycles. The predicted molar refractivity (Wildman–Crippen MR) is 115 cm³/mol. The Balaban J connectivity index is 1.79. The minimum atomic E-state index is -1.36. The van der Waals surface area contributed by atoms with Gasteiger partial charge in [0.25, 0.3) is 0 Å². The highest BCUT2D eigenvalue weighted by molar-refractivity contribution is 5.59. The molecule has 158 valence electrons. The van der Waals surface area contributed by atoms with Gasteiger partial charge in [-0.25, -0.2) is 0 Å². The zero-order valence-corrected chi connectivity index (χ0v) is 17.8. The highest BCUT2D eigenvalue weighted by Gasteiger charge is 2.54. The van der Waals surface area contributed by atoms with Gasteiger partial charge in [-0.15, -0.1) is 0 Å². The van der Waals surface area contributed by atoms with Crippen molar-refractivity contribution in [3.8, 4) is 23.0 Å². The molecular weight excluding hydrogens is 380 g/mol. The van der Waals surface area contributed by atoms with Crippen molar-refractivity contribution in [3.05, 3.63) is 69.8 Å². The lowest BCUT2D eigenvalue weighted by Gasteiger charge is -2.35. The molecule has 2 aromatic carbocycles. The van der Waals surface area contributed by atoms with Gasteiger partial charge in [-0.05, 0) is 64.3 Å². The molecule has 0 spiro atoms. The summed E-state index contributed by atoms with van der Waals surface area (Å²) < 4.78 is 12.1. The molecule has 5 heteroatoms. The molecule has 0 saturated heterocycles. The van der Waals surface area contributed by atoms with E-state index in [0.29, 0.717) is 41.0 Å². The van der Waals surface area contributed by atoms with Crippen LogP contribution in [0.3, 0.4) is 0 Å². The maximum absolute atomic E-state index is 11.6. The smallest absolute Gasteiger partial charge is 0.168 e.